The number of amides is 3. The van der Waals surface area contributed by atoms with Crippen LogP contribution >= 0.6 is 15.9 Å². The quantitative estimate of drug-likeness (QED) is 0.289. The minimum Gasteiger partial charge on any atom is -0.347 e. The first-order valence-corrected chi connectivity index (χ1v) is 14.2. The van der Waals surface area contributed by atoms with Gasteiger partial charge in [0.1, 0.15) is 4.32 Å². The van der Waals surface area contributed by atoms with Crippen molar-refractivity contribution >= 4 is 50.6 Å². The molecule has 1 heterocycles. The van der Waals surface area contributed by atoms with Crippen LogP contribution in [0.2, 0.25) is 0 Å². The van der Waals surface area contributed by atoms with E-state index in [9.17, 15) is 19.2 Å². The minimum atomic E-state index is -1.37. The molecule has 1 saturated heterocycles. The summed E-state index contributed by atoms with van der Waals surface area (Å²) in [7, 11) is 3.41. The lowest BCUT2D eigenvalue weighted by Crippen LogP contribution is -2.67. The number of hydrogen-bond acceptors (Lipinski definition) is 4. The highest BCUT2D eigenvalue weighted by atomic mass is 79.9. The number of rotatable bonds is 8. The number of imide groups is 1. The number of likely N-dealkylation sites (N-methyl/N-ethyl adjacent to an activating group) is 1. The van der Waals surface area contributed by atoms with E-state index in [0.29, 0.717) is 19.3 Å². The van der Waals surface area contributed by atoms with E-state index in [2.05, 4.69) is 21.7 Å². The van der Waals surface area contributed by atoms with Crippen LogP contribution in [0.15, 0.2) is 60.7 Å². The molecule has 2 aromatic carbocycles. The van der Waals surface area contributed by atoms with Gasteiger partial charge in [-0.05, 0) is 49.0 Å². The summed E-state index contributed by atoms with van der Waals surface area (Å²) in [5.74, 6) is -1.66. The maximum absolute atomic E-state index is 14.4. The number of Topliss-reactive ketones (excluding diaryl/α,β-unsaturated/α-hetero) is 1. The second-order valence-electron chi connectivity index (χ2n) is 11.5. The topological polar surface area (TPSA) is 102 Å². The Morgan fingerprint density at radius 2 is 1.49 bits per heavy atom. The van der Waals surface area contributed by atoms with Gasteiger partial charge in [-0.3, -0.25) is 24.1 Å². The van der Waals surface area contributed by atoms with Crippen LogP contribution in [0, 0.1) is 16.7 Å². The maximum Gasteiger partial charge on any atom is 0.280 e. The van der Waals surface area contributed by atoms with Crippen LogP contribution < -0.4 is 5.73 Å². The summed E-state index contributed by atoms with van der Waals surface area (Å²) in [4.78, 5) is 57.6. The van der Waals surface area contributed by atoms with Gasteiger partial charge in [0.2, 0.25) is 11.8 Å². The number of quaternary nitrogens is 1. The van der Waals surface area contributed by atoms with Crippen LogP contribution in [0.5, 0.6) is 0 Å². The van der Waals surface area contributed by atoms with E-state index in [4.69, 9.17) is 0 Å². The number of halogens is 1. The first-order valence-electron chi connectivity index (χ1n) is 13.4. The summed E-state index contributed by atoms with van der Waals surface area (Å²) in [6.45, 7) is 3.91. The lowest BCUT2D eigenvalue weighted by Gasteiger charge is -2.41. The number of alkyl halides is 1. The number of unbranched alkanes of at least 4 members (excludes halogenated alkanes) is 1. The molecular weight excluding hydrogens is 558 g/mol. The van der Waals surface area contributed by atoms with E-state index < -0.39 is 21.1 Å². The molecule has 204 valence electrons. The van der Waals surface area contributed by atoms with Gasteiger partial charge >= 0.3 is 0 Å². The Balaban J connectivity index is 1.53. The summed E-state index contributed by atoms with van der Waals surface area (Å²) in [6.07, 6.45) is 1.79. The summed E-state index contributed by atoms with van der Waals surface area (Å²) in [5, 5.41) is 0. The van der Waals surface area contributed by atoms with Gasteiger partial charge in [-0.25, -0.2) is 0 Å². The number of carbonyl (C=O) groups excluding carboxylic acids is 4. The maximum atomic E-state index is 14.4. The van der Waals surface area contributed by atoms with Crippen LogP contribution in [0.25, 0.3) is 11.1 Å². The van der Waals surface area contributed by atoms with Crippen LogP contribution in [-0.2, 0) is 19.2 Å². The molecule has 1 saturated carbocycles. The molecule has 3 aliphatic rings. The smallest absolute Gasteiger partial charge is 0.280 e. The van der Waals surface area contributed by atoms with Crippen molar-refractivity contribution in [3.05, 3.63) is 71.8 Å². The van der Waals surface area contributed by atoms with E-state index in [1.54, 1.807) is 14.1 Å². The average Bonchev–Trinajstić information content (AvgIpc) is 3.31. The number of nitrogens with zero attached hydrogens (tertiary/aromatic N) is 2. The van der Waals surface area contributed by atoms with Gasteiger partial charge < -0.3 is 10.6 Å². The summed E-state index contributed by atoms with van der Waals surface area (Å²) < 4.78 is -1.37. The fraction of sp³-hybridized carbons (Fsp3) is 0.419. The number of fused-ring (bicyclic) bond motifs is 5. The molecule has 4 unspecified atom stereocenters. The number of allylic oxidation sites excluding steroid dienone is 2. The second kappa shape index (κ2) is 9.52. The van der Waals surface area contributed by atoms with Gasteiger partial charge in [0.05, 0.1) is 16.7 Å². The third-order valence-corrected chi connectivity index (χ3v) is 10.7. The van der Waals surface area contributed by atoms with Crippen molar-refractivity contribution < 1.29 is 24.9 Å². The Labute approximate surface area is 237 Å². The van der Waals surface area contributed by atoms with Gasteiger partial charge in [-0.15, -0.1) is 0 Å². The molecule has 0 aromatic heterocycles. The van der Waals surface area contributed by atoms with Crippen molar-refractivity contribution in [2.45, 2.75) is 43.5 Å². The molecule has 39 heavy (non-hydrogen) atoms. The fourth-order valence-electron chi connectivity index (χ4n) is 7.22. The van der Waals surface area contributed by atoms with Crippen LogP contribution in [0.3, 0.4) is 0 Å². The molecule has 7 nitrogen and oxygen atoms in total. The van der Waals surface area contributed by atoms with Crippen LogP contribution in [0.4, 0.5) is 0 Å². The number of carbonyl (C=O) groups is 4. The lowest BCUT2D eigenvalue weighted by molar-refractivity contribution is -0.406. The molecule has 2 aromatic rings. The summed E-state index contributed by atoms with van der Waals surface area (Å²) in [6, 6.07) is 19.1. The standard InChI is InChI=1S/C31H34BrN3O4/c1-29-22(19-13-7-5-8-14-19)23(20-15-9-6-10-16-20)30(2,27(29)38)31(32)24(29)26(37)35(28(31)39)18-12-11-17-21(33)25(36)34(3)4/h5-10,13-16,21,24H,11-12,17-18,33H2,1-4H3/p+1/t21-,24?,29?,30?,31?/m0/s1. The van der Waals surface area contributed by atoms with Gasteiger partial charge in [-0.2, -0.15) is 0 Å². The zero-order chi connectivity index (χ0) is 28.3. The zero-order valence-corrected chi connectivity index (χ0v) is 24.5. The predicted molar refractivity (Wildman–Crippen MR) is 152 cm³/mol. The highest BCUT2D eigenvalue weighted by Gasteiger charge is 2.85. The number of likely N-dealkylation sites (tertiary alicyclic amines) is 1. The normalized spacial score (nSPS) is 30.3. The summed E-state index contributed by atoms with van der Waals surface area (Å²) in [5.41, 5.74) is 4.93. The second-order valence-corrected chi connectivity index (χ2v) is 12.8. The van der Waals surface area contributed by atoms with E-state index in [1.165, 1.54) is 9.80 Å². The first-order chi connectivity index (χ1) is 18.4. The molecule has 5 atom stereocenters. The fourth-order valence-corrected chi connectivity index (χ4v) is 8.47. The first kappa shape index (κ1) is 27.5. The monoisotopic (exact) mass is 592 g/mol. The molecule has 2 aliphatic carbocycles. The van der Waals surface area contributed by atoms with Crippen molar-refractivity contribution in [3.63, 3.8) is 0 Å². The molecule has 3 N–H and O–H groups in total. The van der Waals surface area contributed by atoms with Gasteiger partial charge in [0.15, 0.2) is 11.8 Å². The van der Waals surface area contributed by atoms with Crippen molar-refractivity contribution in [2.24, 2.45) is 16.7 Å². The third-order valence-electron chi connectivity index (χ3n) is 9.07. The number of ketones is 1. The van der Waals surface area contributed by atoms with Gasteiger partial charge in [0.25, 0.3) is 5.91 Å². The molecular formula is C31H35BrN3O4+. The highest BCUT2D eigenvalue weighted by Crippen LogP contribution is 2.77. The van der Waals surface area contributed by atoms with Gasteiger partial charge in [-0.1, -0.05) is 76.6 Å². The zero-order valence-electron chi connectivity index (χ0n) is 22.9. The third kappa shape index (κ3) is 3.57. The molecule has 2 bridgehead atoms. The van der Waals surface area contributed by atoms with E-state index >= 15 is 0 Å². The van der Waals surface area contributed by atoms with E-state index in [1.807, 2.05) is 74.5 Å². The SMILES string of the molecule is CN(C)C(=O)[C@@H]([NH3+])CCCCN1C(=O)C2C3(C)C(=O)C(C)(C(c4ccccc4)=C3c3ccccc3)C2(Br)C1=O. The largest absolute Gasteiger partial charge is 0.347 e. The van der Waals surface area contributed by atoms with Gasteiger partial charge in [0, 0.05) is 27.1 Å². The Morgan fingerprint density at radius 3 is 2.03 bits per heavy atom. The van der Waals surface area contributed by atoms with Crippen LogP contribution in [0.1, 0.15) is 44.2 Å². The van der Waals surface area contributed by atoms with Crippen molar-refractivity contribution in [1.82, 2.24) is 9.80 Å². The molecule has 3 amide bonds. The highest BCUT2D eigenvalue weighted by molar-refractivity contribution is 9.10. The van der Waals surface area contributed by atoms with E-state index in [-0.39, 0.29) is 36.1 Å². The number of hydrogen-bond donors (Lipinski definition) is 1. The van der Waals surface area contributed by atoms with Crippen LogP contribution in [-0.4, -0.2) is 64.3 Å². The summed E-state index contributed by atoms with van der Waals surface area (Å²) >= 11 is 3.79. The predicted octanol–water partition coefficient (Wildman–Crippen LogP) is 3.19. The Kier molecular flexibility index (Phi) is 6.71. The molecule has 1 aliphatic heterocycles. The lowest BCUT2D eigenvalue weighted by atomic mass is 9.63. The van der Waals surface area contributed by atoms with E-state index in [0.717, 1.165) is 22.3 Å². The molecule has 0 spiro atoms. The van der Waals surface area contributed by atoms with Crippen molar-refractivity contribution in [3.8, 4) is 0 Å². The Hall–Kier alpha value is -3.10. The van der Waals surface area contributed by atoms with Crippen molar-refractivity contribution in [1.29, 1.82) is 0 Å². The average molecular weight is 594 g/mol. The molecule has 0 radical (unpaired) electrons. The minimum absolute atomic E-state index is 0.0406. The Bertz CT molecular complexity index is 1390. The van der Waals surface area contributed by atoms with Crippen molar-refractivity contribution in [2.75, 3.05) is 20.6 Å². The number of benzene rings is 2. The molecule has 2 fully saturated rings. The molecule has 8 heteroatoms. The Morgan fingerprint density at radius 1 is 0.949 bits per heavy atom. The molecule has 5 rings (SSSR count).